The number of anilines is 1. The van der Waals surface area contributed by atoms with Gasteiger partial charge < -0.3 is 10.5 Å². The SMILES string of the molecule is COc1cc(Cl)nc(NC(=O)CC2(N)CCCCC2)n1. The molecule has 0 aliphatic heterocycles. The Kier molecular flexibility index (Phi) is 4.77. The van der Waals surface area contributed by atoms with Gasteiger partial charge in [-0.25, -0.2) is 4.98 Å². The van der Waals surface area contributed by atoms with E-state index in [9.17, 15) is 4.79 Å². The van der Waals surface area contributed by atoms with Crippen LogP contribution in [-0.4, -0.2) is 28.5 Å². The number of hydrogen-bond acceptors (Lipinski definition) is 5. The van der Waals surface area contributed by atoms with E-state index in [0.717, 1.165) is 25.7 Å². The predicted octanol–water partition coefficient (Wildman–Crippen LogP) is 2.13. The number of aromatic nitrogens is 2. The van der Waals surface area contributed by atoms with Crippen LogP contribution in [0.5, 0.6) is 5.88 Å². The van der Waals surface area contributed by atoms with E-state index in [-0.39, 0.29) is 23.4 Å². The minimum absolute atomic E-state index is 0.138. The van der Waals surface area contributed by atoms with Gasteiger partial charge in [0.25, 0.3) is 0 Å². The molecule has 0 atom stereocenters. The number of ether oxygens (including phenoxy) is 1. The van der Waals surface area contributed by atoms with E-state index in [0.29, 0.717) is 5.88 Å². The minimum atomic E-state index is -0.412. The second-order valence-electron chi connectivity index (χ2n) is 5.20. The fraction of sp³-hybridized carbons (Fsp3) is 0.615. The quantitative estimate of drug-likeness (QED) is 0.831. The largest absolute Gasteiger partial charge is 0.481 e. The first-order valence-electron chi connectivity index (χ1n) is 6.68. The number of methoxy groups -OCH3 is 1. The average Bonchev–Trinajstić information content (AvgIpc) is 2.37. The lowest BCUT2D eigenvalue weighted by molar-refractivity contribution is -0.117. The molecule has 0 radical (unpaired) electrons. The maximum absolute atomic E-state index is 12.0. The molecule has 3 N–H and O–H groups in total. The summed E-state index contributed by atoms with van der Waals surface area (Å²) in [5, 5.41) is 2.84. The molecule has 7 heteroatoms. The fourth-order valence-corrected chi connectivity index (χ4v) is 2.65. The van der Waals surface area contributed by atoms with E-state index >= 15 is 0 Å². The number of rotatable bonds is 4. The molecule has 1 aromatic rings. The molecule has 2 rings (SSSR count). The van der Waals surface area contributed by atoms with Crippen molar-refractivity contribution in [1.82, 2.24) is 9.97 Å². The van der Waals surface area contributed by atoms with Crippen molar-refractivity contribution >= 4 is 23.5 Å². The highest BCUT2D eigenvalue weighted by atomic mass is 35.5. The summed E-state index contributed by atoms with van der Waals surface area (Å²) in [6, 6.07) is 1.47. The molecule has 110 valence electrons. The minimum Gasteiger partial charge on any atom is -0.481 e. The molecule has 1 aliphatic carbocycles. The molecule has 1 fully saturated rings. The van der Waals surface area contributed by atoms with Gasteiger partial charge in [0.1, 0.15) is 5.15 Å². The van der Waals surface area contributed by atoms with Crippen molar-refractivity contribution in [2.45, 2.75) is 44.1 Å². The van der Waals surface area contributed by atoms with E-state index in [1.165, 1.54) is 19.6 Å². The van der Waals surface area contributed by atoms with Crippen molar-refractivity contribution in [3.8, 4) is 5.88 Å². The zero-order valence-corrected chi connectivity index (χ0v) is 12.2. The van der Waals surface area contributed by atoms with Crippen LogP contribution >= 0.6 is 11.6 Å². The Morgan fingerprint density at radius 2 is 2.15 bits per heavy atom. The standard InChI is InChI=1S/C13H19ClN4O2/c1-20-11-7-9(14)16-12(18-11)17-10(19)8-13(15)5-3-2-4-6-13/h7H,2-6,8,15H2,1H3,(H,16,17,18,19). The molecular weight excluding hydrogens is 280 g/mol. The molecule has 0 spiro atoms. The number of carbonyl (C=O) groups excluding carboxylic acids is 1. The van der Waals surface area contributed by atoms with E-state index in [1.807, 2.05) is 0 Å². The lowest BCUT2D eigenvalue weighted by Gasteiger charge is -2.32. The van der Waals surface area contributed by atoms with Gasteiger partial charge in [0.2, 0.25) is 17.7 Å². The van der Waals surface area contributed by atoms with Gasteiger partial charge in [-0.2, -0.15) is 4.98 Å². The Bertz CT molecular complexity index is 489. The Labute approximate surface area is 123 Å². The smallest absolute Gasteiger partial charge is 0.234 e. The van der Waals surface area contributed by atoms with Gasteiger partial charge in [-0.05, 0) is 12.8 Å². The van der Waals surface area contributed by atoms with Crippen molar-refractivity contribution in [3.05, 3.63) is 11.2 Å². The molecule has 0 aromatic carbocycles. The summed E-state index contributed by atoms with van der Waals surface area (Å²) >= 11 is 5.82. The number of nitrogens with two attached hydrogens (primary N) is 1. The van der Waals surface area contributed by atoms with Gasteiger partial charge in [-0.1, -0.05) is 30.9 Å². The number of amides is 1. The molecule has 1 aliphatic rings. The summed E-state index contributed by atoms with van der Waals surface area (Å²) in [4.78, 5) is 20.0. The van der Waals surface area contributed by atoms with Crippen molar-refractivity contribution in [3.63, 3.8) is 0 Å². The van der Waals surface area contributed by atoms with Gasteiger partial charge in [-0.3, -0.25) is 10.1 Å². The van der Waals surface area contributed by atoms with Crippen molar-refractivity contribution in [1.29, 1.82) is 0 Å². The molecule has 0 unspecified atom stereocenters. The fourth-order valence-electron chi connectivity index (χ4n) is 2.48. The highest BCUT2D eigenvalue weighted by Crippen LogP contribution is 2.29. The first-order chi connectivity index (χ1) is 9.50. The molecule has 0 saturated heterocycles. The van der Waals surface area contributed by atoms with E-state index in [2.05, 4.69) is 15.3 Å². The highest BCUT2D eigenvalue weighted by molar-refractivity contribution is 6.29. The summed E-state index contributed by atoms with van der Waals surface area (Å²) in [7, 11) is 1.47. The van der Waals surface area contributed by atoms with Crippen LogP contribution < -0.4 is 15.8 Å². The number of nitrogens with one attached hydrogen (secondary N) is 1. The third-order valence-electron chi connectivity index (χ3n) is 3.49. The lowest BCUT2D eigenvalue weighted by atomic mass is 9.80. The second-order valence-corrected chi connectivity index (χ2v) is 5.59. The van der Waals surface area contributed by atoms with Crippen LogP contribution in [0.3, 0.4) is 0 Å². The van der Waals surface area contributed by atoms with Crippen LogP contribution in [0.2, 0.25) is 5.15 Å². The lowest BCUT2D eigenvalue weighted by Crippen LogP contribution is -2.44. The van der Waals surface area contributed by atoms with Crippen LogP contribution in [0, 0.1) is 0 Å². The molecule has 0 bridgehead atoms. The number of halogens is 1. The number of nitrogens with zero attached hydrogens (tertiary/aromatic N) is 2. The molecule has 6 nitrogen and oxygen atoms in total. The van der Waals surface area contributed by atoms with Crippen LogP contribution in [0.1, 0.15) is 38.5 Å². The summed E-state index contributed by atoms with van der Waals surface area (Å²) in [5.74, 6) is 0.248. The molecule has 1 aromatic heterocycles. The van der Waals surface area contributed by atoms with Crippen molar-refractivity contribution in [2.75, 3.05) is 12.4 Å². The normalized spacial score (nSPS) is 17.6. The van der Waals surface area contributed by atoms with E-state index < -0.39 is 5.54 Å². The van der Waals surface area contributed by atoms with Crippen molar-refractivity contribution < 1.29 is 9.53 Å². The number of carbonyl (C=O) groups is 1. The van der Waals surface area contributed by atoms with Crippen LogP contribution in [0.4, 0.5) is 5.95 Å². The summed E-state index contributed by atoms with van der Waals surface area (Å²) in [6.07, 6.45) is 5.36. The number of hydrogen-bond donors (Lipinski definition) is 2. The van der Waals surface area contributed by atoms with Crippen LogP contribution in [-0.2, 0) is 4.79 Å². The molecule has 1 amide bonds. The average molecular weight is 299 g/mol. The zero-order chi connectivity index (χ0) is 14.6. The maximum Gasteiger partial charge on any atom is 0.234 e. The Morgan fingerprint density at radius 3 is 2.80 bits per heavy atom. The van der Waals surface area contributed by atoms with Crippen molar-refractivity contribution in [2.24, 2.45) is 5.73 Å². The molecule has 1 saturated carbocycles. The van der Waals surface area contributed by atoms with E-state index in [4.69, 9.17) is 22.1 Å². The Balaban J connectivity index is 1.99. The second kappa shape index (κ2) is 6.37. The first kappa shape index (κ1) is 15.0. The van der Waals surface area contributed by atoms with Gasteiger partial charge in [-0.15, -0.1) is 0 Å². The monoisotopic (exact) mass is 298 g/mol. The third-order valence-corrected chi connectivity index (χ3v) is 3.69. The van der Waals surface area contributed by atoms with Gasteiger partial charge >= 0.3 is 0 Å². The molecular formula is C13H19ClN4O2. The summed E-state index contributed by atoms with van der Waals surface area (Å²) < 4.78 is 4.98. The highest BCUT2D eigenvalue weighted by Gasteiger charge is 2.30. The van der Waals surface area contributed by atoms with Gasteiger partial charge in [0, 0.05) is 18.0 Å². The van der Waals surface area contributed by atoms with E-state index in [1.54, 1.807) is 0 Å². The predicted molar refractivity (Wildman–Crippen MR) is 76.8 cm³/mol. The maximum atomic E-state index is 12.0. The summed E-state index contributed by atoms with van der Waals surface area (Å²) in [6.45, 7) is 0. The van der Waals surface area contributed by atoms with Gasteiger partial charge in [0.15, 0.2) is 0 Å². The van der Waals surface area contributed by atoms with Crippen LogP contribution in [0.25, 0.3) is 0 Å². The first-order valence-corrected chi connectivity index (χ1v) is 7.06. The Hall–Kier alpha value is -1.40. The van der Waals surface area contributed by atoms with Gasteiger partial charge in [0.05, 0.1) is 7.11 Å². The summed E-state index contributed by atoms with van der Waals surface area (Å²) in [5.41, 5.74) is 5.84. The molecule has 1 heterocycles. The zero-order valence-electron chi connectivity index (χ0n) is 11.5. The Morgan fingerprint density at radius 1 is 1.45 bits per heavy atom. The molecule has 20 heavy (non-hydrogen) atoms. The third kappa shape index (κ3) is 4.05. The topological polar surface area (TPSA) is 90.1 Å². The van der Waals surface area contributed by atoms with Crippen LogP contribution in [0.15, 0.2) is 6.07 Å².